The van der Waals surface area contributed by atoms with Crippen molar-refractivity contribution in [3.63, 3.8) is 0 Å². The minimum atomic E-state index is -1.30. The Labute approximate surface area is 110 Å². The zero-order valence-electron chi connectivity index (χ0n) is 10.2. The molecule has 2 aromatic carbocycles. The first-order chi connectivity index (χ1) is 8.75. The Kier molecular flexibility index (Phi) is 4.42. The van der Waals surface area contributed by atoms with Gasteiger partial charge in [0.1, 0.15) is 0 Å². The van der Waals surface area contributed by atoms with Crippen molar-refractivity contribution in [3.8, 4) is 0 Å². The van der Waals surface area contributed by atoms with Gasteiger partial charge >= 0.3 is 0 Å². The quantitative estimate of drug-likeness (QED) is 0.772. The molecule has 0 bridgehead atoms. The first-order valence-electron chi connectivity index (χ1n) is 5.81. The van der Waals surface area contributed by atoms with Gasteiger partial charge in [0.15, 0.2) is 11.0 Å². The fraction of sp³-hybridized carbons (Fsp3) is 0.133. The van der Waals surface area contributed by atoms with Crippen LogP contribution in [0.15, 0.2) is 63.9 Å². The Balaban J connectivity index is 1.97. The minimum absolute atomic E-state index is 0.707. The highest BCUT2D eigenvalue weighted by Gasteiger charge is 1.99. The van der Waals surface area contributed by atoms with Crippen molar-refractivity contribution in [3.05, 3.63) is 65.7 Å². The molecule has 3 heteroatoms. The summed E-state index contributed by atoms with van der Waals surface area (Å²) < 4.78 is 15.9. The molecule has 0 radical (unpaired) electrons. The van der Waals surface area contributed by atoms with E-state index in [1.54, 1.807) is 6.21 Å². The van der Waals surface area contributed by atoms with Crippen LogP contribution in [0.25, 0.3) is 0 Å². The molecule has 2 nitrogen and oxygen atoms in total. The summed E-state index contributed by atoms with van der Waals surface area (Å²) in [5.41, 5.74) is 2.33. The summed E-state index contributed by atoms with van der Waals surface area (Å²) in [6.07, 6.45) is 2.42. The predicted octanol–water partition coefficient (Wildman–Crippen LogP) is 3.33. The Morgan fingerprint density at radius 1 is 1.06 bits per heavy atom. The van der Waals surface area contributed by atoms with Crippen LogP contribution in [0.2, 0.25) is 0 Å². The third-order valence-corrected chi connectivity index (χ3v) is 3.58. The SMILES string of the molecule is Cc1ccc([S@](=O)/N=C/Cc2ccccc2)cc1. The summed E-state index contributed by atoms with van der Waals surface area (Å²) in [6, 6.07) is 17.6. The van der Waals surface area contributed by atoms with Gasteiger partial charge in [0.2, 0.25) is 0 Å². The molecule has 0 heterocycles. The molecule has 0 amide bonds. The molecule has 0 N–H and O–H groups in total. The van der Waals surface area contributed by atoms with Crippen molar-refractivity contribution in [2.75, 3.05) is 0 Å². The average molecular weight is 257 g/mol. The van der Waals surface area contributed by atoms with E-state index in [0.717, 1.165) is 10.5 Å². The topological polar surface area (TPSA) is 29.4 Å². The zero-order chi connectivity index (χ0) is 12.8. The van der Waals surface area contributed by atoms with Gasteiger partial charge in [-0.15, -0.1) is 0 Å². The highest BCUT2D eigenvalue weighted by molar-refractivity contribution is 7.83. The third-order valence-electron chi connectivity index (χ3n) is 2.56. The van der Waals surface area contributed by atoms with E-state index in [4.69, 9.17) is 0 Å². The minimum Gasteiger partial charge on any atom is -0.230 e. The number of benzene rings is 2. The van der Waals surface area contributed by atoms with E-state index < -0.39 is 11.0 Å². The largest absolute Gasteiger partial charge is 0.230 e. The highest BCUT2D eigenvalue weighted by atomic mass is 32.2. The smallest absolute Gasteiger partial charge is 0.172 e. The van der Waals surface area contributed by atoms with Crippen LogP contribution in [0.4, 0.5) is 0 Å². The number of hydrogen-bond donors (Lipinski definition) is 0. The lowest BCUT2D eigenvalue weighted by Gasteiger charge is -1.97. The Morgan fingerprint density at radius 3 is 2.39 bits per heavy atom. The lowest BCUT2D eigenvalue weighted by molar-refractivity contribution is 0.684. The summed E-state index contributed by atoms with van der Waals surface area (Å²) in [4.78, 5) is 0.741. The van der Waals surface area contributed by atoms with E-state index in [2.05, 4.69) is 4.40 Å². The van der Waals surface area contributed by atoms with E-state index in [9.17, 15) is 4.21 Å². The Hall–Kier alpha value is -1.74. The van der Waals surface area contributed by atoms with Crippen molar-refractivity contribution in [1.29, 1.82) is 0 Å². The van der Waals surface area contributed by atoms with E-state index in [0.29, 0.717) is 6.42 Å². The molecule has 0 saturated carbocycles. The first kappa shape index (κ1) is 12.7. The van der Waals surface area contributed by atoms with Crippen molar-refractivity contribution >= 4 is 17.2 Å². The molecule has 18 heavy (non-hydrogen) atoms. The van der Waals surface area contributed by atoms with E-state index in [-0.39, 0.29) is 0 Å². The fourth-order valence-electron chi connectivity index (χ4n) is 1.54. The third kappa shape index (κ3) is 3.64. The summed E-state index contributed by atoms with van der Waals surface area (Å²) in [7, 11) is -1.30. The van der Waals surface area contributed by atoms with Gasteiger partial charge in [-0.05, 0) is 24.6 Å². The second kappa shape index (κ2) is 6.26. The zero-order valence-corrected chi connectivity index (χ0v) is 11.1. The highest BCUT2D eigenvalue weighted by Crippen LogP contribution is 2.09. The van der Waals surface area contributed by atoms with Crippen molar-refractivity contribution in [2.24, 2.45) is 4.40 Å². The standard InChI is InChI=1S/C15H15NOS/c1-13-7-9-15(10-8-13)18(17)16-12-11-14-5-3-2-4-6-14/h2-10,12H,11H2,1H3/b16-12+/t18-/m0/s1. The van der Waals surface area contributed by atoms with Crippen LogP contribution < -0.4 is 0 Å². The van der Waals surface area contributed by atoms with Gasteiger partial charge in [0.25, 0.3) is 0 Å². The molecule has 0 aliphatic heterocycles. The van der Waals surface area contributed by atoms with Crippen LogP contribution in [-0.4, -0.2) is 10.4 Å². The Bertz CT molecular complexity index is 546. The summed E-state index contributed by atoms with van der Waals surface area (Å²) in [6.45, 7) is 2.01. The summed E-state index contributed by atoms with van der Waals surface area (Å²) in [5.74, 6) is 0. The molecule has 0 aromatic heterocycles. The van der Waals surface area contributed by atoms with Gasteiger partial charge in [-0.1, -0.05) is 48.0 Å². The molecule has 0 spiro atoms. The van der Waals surface area contributed by atoms with Crippen LogP contribution in [0.3, 0.4) is 0 Å². The molecule has 0 unspecified atom stereocenters. The summed E-state index contributed by atoms with van der Waals surface area (Å²) in [5, 5.41) is 0. The molecule has 0 aliphatic rings. The normalized spacial score (nSPS) is 12.7. The molecule has 1 atom stereocenters. The number of rotatable bonds is 4. The fourth-order valence-corrected chi connectivity index (χ4v) is 2.24. The maximum Gasteiger partial charge on any atom is 0.172 e. The average Bonchev–Trinajstić information content (AvgIpc) is 2.40. The van der Waals surface area contributed by atoms with Crippen LogP contribution in [0.1, 0.15) is 11.1 Å². The van der Waals surface area contributed by atoms with Crippen LogP contribution >= 0.6 is 0 Å². The molecule has 2 rings (SSSR count). The van der Waals surface area contributed by atoms with Gasteiger partial charge in [-0.25, -0.2) is 4.21 Å². The van der Waals surface area contributed by atoms with Crippen LogP contribution in [-0.2, 0) is 17.4 Å². The predicted molar refractivity (Wildman–Crippen MR) is 76.2 cm³/mol. The van der Waals surface area contributed by atoms with Gasteiger partial charge in [-0.3, -0.25) is 0 Å². The second-order valence-electron chi connectivity index (χ2n) is 4.04. The maximum absolute atomic E-state index is 11.9. The summed E-state index contributed by atoms with van der Waals surface area (Å²) >= 11 is 0. The lowest BCUT2D eigenvalue weighted by Crippen LogP contribution is -1.90. The van der Waals surface area contributed by atoms with Crippen LogP contribution in [0, 0.1) is 6.92 Å². The Morgan fingerprint density at radius 2 is 1.72 bits per heavy atom. The van der Waals surface area contributed by atoms with Gasteiger partial charge in [-0.2, -0.15) is 4.40 Å². The van der Waals surface area contributed by atoms with Crippen LogP contribution in [0.5, 0.6) is 0 Å². The molecular weight excluding hydrogens is 242 g/mol. The molecule has 92 valence electrons. The number of nitrogens with zero attached hydrogens (tertiary/aromatic N) is 1. The monoisotopic (exact) mass is 257 g/mol. The van der Waals surface area contributed by atoms with E-state index in [1.807, 2.05) is 61.5 Å². The van der Waals surface area contributed by atoms with E-state index >= 15 is 0 Å². The molecular formula is C15H15NOS. The molecule has 2 aromatic rings. The lowest BCUT2D eigenvalue weighted by atomic mass is 10.2. The van der Waals surface area contributed by atoms with Crippen molar-refractivity contribution in [2.45, 2.75) is 18.2 Å². The molecule has 0 fully saturated rings. The van der Waals surface area contributed by atoms with Gasteiger partial charge < -0.3 is 0 Å². The number of hydrogen-bond acceptors (Lipinski definition) is 1. The number of aryl methyl sites for hydroxylation is 1. The van der Waals surface area contributed by atoms with Gasteiger partial charge in [0.05, 0.1) is 4.90 Å². The molecule has 0 aliphatic carbocycles. The first-order valence-corrected chi connectivity index (χ1v) is 6.91. The van der Waals surface area contributed by atoms with E-state index in [1.165, 1.54) is 5.56 Å². The van der Waals surface area contributed by atoms with Crippen molar-refractivity contribution < 1.29 is 4.21 Å². The molecule has 0 saturated heterocycles. The maximum atomic E-state index is 11.9. The van der Waals surface area contributed by atoms with Crippen molar-refractivity contribution in [1.82, 2.24) is 0 Å². The second-order valence-corrected chi connectivity index (χ2v) is 5.22. The van der Waals surface area contributed by atoms with Gasteiger partial charge in [0, 0.05) is 12.6 Å².